The van der Waals surface area contributed by atoms with Crippen LogP contribution in [0.1, 0.15) is 25.0 Å². The Bertz CT molecular complexity index is 519. The van der Waals surface area contributed by atoms with E-state index in [1.807, 2.05) is 31.3 Å². The van der Waals surface area contributed by atoms with E-state index in [9.17, 15) is 4.79 Å². The van der Waals surface area contributed by atoms with Crippen LogP contribution in [0.25, 0.3) is 0 Å². The molecule has 0 saturated carbocycles. The van der Waals surface area contributed by atoms with Gasteiger partial charge in [-0.2, -0.15) is 0 Å². The van der Waals surface area contributed by atoms with Gasteiger partial charge in [0.15, 0.2) is 0 Å². The highest BCUT2D eigenvalue weighted by molar-refractivity contribution is 5.74. The fourth-order valence-electron chi connectivity index (χ4n) is 3.88. The molecule has 5 heteroatoms. The summed E-state index contributed by atoms with van der Waals surface area (Å²) in [6.45, 7) is 4.95. The Kier molecular flexibility index (Phi) is 4.34. The largest absolute Gasteiger partial charge is 0.331 e. The van der Waals surface area contributed by atoms with Crippen molar-refractivity contribution in [3.63, 3.8) is 0 Å². The third kappa shape index (κ3) is 3.24. The zero-order valence-corrected chi connectivity index (χ0v) is 13.7. The van der Waals surface area contributed by atoms with Gasteiger partial charge in [0.25, 0.3) is 0 Å². The maximum absolute atomic E-state index is 12.2. The van der Waals surface area contributed by atoms with Crippen molar-refractivity contribution in [2.75, 3.05) is 40.3 Å². The van der Waals surface area contributed by atoms with Gasteiger partial charge in [-0.25, -0.2) is 4.79 Å². The quantitative estimate of drug-likeness (QED) is 0.839. The van der Waals surface area contributed by atoms with Crippen LogP contribution in [0, 0.1) is 5.41 Å². The molecule has 2 saturated heterocycles. The van der Waals surface area contributed by atoms with Gasteiger partial charge in [0.05, 0.1) is 5.69 Å². The predicted octanol–water partition coefficient (Wildman–Crippen LogP) is 2.05. The number of nitrogens with zero attached hydrogens (tertiary/aromatic N) is 4. The van der Waals surface area contributed by atoms with Crippen LogP contribution in [0.3, 0.4) is 0 Å². The van der Waals surface area contributed by atoms with Crippen LogP contribution in [0.15, 0.2) is 24.4 Å². The first kappa shape index (κ1) is 15.3. The van der Waals surface area contributed by atoms with Gasteiger partial charge in [-0.3, -0.25) is 9.88 Å². The third-order valence-electron chi connectivity index (χ3n) is 4.94. The Balaban J connectivity index is 1.62. The van der Waals surface area contributed by atoms with Gasteiger partial charge in [0.1, 0.15) is 0 Å². The topological polar surface area (TPSA) is 39.7 Å². The minimum Gasteiger partial charge on any atom is -0.331 e. The Morgan fingerprint density at radius 3 is 2.86 bits per heavy atom. The van der Waals surface area contributed by atoms with Gasteiger partial charge in [0, 0.05) is 51.9 Å². The first-order chi connectivity index (χ1) is 10.6. The minimum absolute atomic E-state index is 0.152. The second-order valence-corrected chi connectivity index (χ2v) is 6.98. The summed E-state index contributed by atoms with van der Waals surface area (Å²) in [6.07, 6.45) is 5.45. The van der Waals surface area contributed by atoms with Crippen molar-refractivity contribution in [2.45, 2.75) is 25.8 Å². The summed E-state index contributed by atoms with van der Waals surface area (Å²) < 4.78 is 0. The van der Waals surface area contributed by atoms with E-state index in [-0.39, 0.29) is 6.03 Å². The molecule has 120 valence electrons. The van der Waals surface area contributed by atoms with Crippen molar-refractivity contribution < 1.29 is 4.79 Å². The first-order valence-electron chi connectivity index (χ1n) is 8.17. The number of piperidine rings is 1. The van der Waals surface area contributed by atoms with Crippen LogP contribution in [-0.4, -0.2) is 66.0 Å². The number of hydrogen-bond donors (Lipinski definition) is 0. The molecule has 1 spiro atoms. The van der Waals surface area contributed by atoms with Gasteiger partial charge in [-0.05, 0) is 37.9 Å². The van der Waals surface area contributed by atoms with Crippen molar-refractivity contribution in [1.29, 1.82) is 0 Å². The average Bonchev–Trinajstić information content (AvgIpc) is 2.91. The molecular formula is C17H26N4O. The summed E-state index contributed by atoms with van der Waals surface area (Å²) in [7, 11) is 3.67. The zero-order chi connectivity index (χ0) is 15.6. The highest BCUT2D eigenvalue weighted by Crippen LogP contribution is 2.39. The SMILES string of the molecule is CN(C)C(=O)N1CCC2(CCCN(Cc3ccccn3)C2)C1. The molecular weight excluding hydrogens is 276 g/mol. The Morgan fingerprint density at radius 1 is 1.27 bits per heavy atom. The van der Waals surface area contributed by atoms with Crippen LogP contribution in [0.4, 0.5) is 4.79 Å². The maximum atomic E-state index is 12.2. The predicted molar refractivity (Wildman–Crippen MR) is 86.5 cm³/mol. The number of carbonyl (C=O) groups is 1. The molecule has 0 N–H and O–H groups in total. The molecule has 0 radical (unpaired) electrons. The summed E-state index contributed by atoms with van der Waals surface area (Å²) in [5, 5.41) is 0. The molecule has 1 atom stereocenters. The minimum atomic E-state index is 0.152. The molecule has 2 aliphatic rings. The highest BCUT2D eigenvalue weighted by atomic mass is 16.2. The van der Waals surface area contributed by atoms with Crippen LogP contribution in [0.5, 0.6) is 0 Å². The summed E-state index contributed by atoms with van der Waals surface area (Å²) in [4.78, 5) is 22.8. The molecule has 3 heterocycles. The number of urea groups is 1. The van der Waals surface area contributed by atoms with E-state index >= 15 is 0 Å². The molecule has 2 fully saturated rings. The number of hydrogen-bond acceptors (Lipinski definition) is 3. The van der Waals surface area contributed by atoms with Crippen molar-refractivity contribution in [3.05, 3.63) is 30.1 Å². The van der Waals surface area contributed by atoms with E-state index in [1.54, 1.807) is 4.90 Å². The lowest BCUT2D eigenvalue weighted by molar-refractivity contribution is 0.0871. The van der Waals surface area contributed by atoms with E-state index < -0.39 is 0 Å². The monoisotopic (exact) mass is 302 g/mol. The number of aromatic nitrogens is 1. The fourth-order valence-corrected chi connectivity index (χ4v) is 3.88. The summed E-state index contributed by atoms with van der Waals surface area (Å²) in [6, 6.07) is 6.26. The van der Waals surface area contributed by atoms with E-state index in [1.165, 1.54) is 12.8 Å². The Hall–Kier alpha value is -1.62. The van der Waals surface area contributed by atoms with Crippen molar-refractivity contribution >= 4 is 6.03 Å². The van der Waals surface area contributed by atoms with E-state index in [0.717, 1.165) is 44.8 Å². The number of likely N-dealkylation sites (tertiary alicyclic amines) is 2. The molecule has 1 unspecified atom stereocenters. The lowest BCUT2D eigenvalue weighted by Gasteiger charge is -2.40. The molecule has 5 nitrogen and oxygen atoms in total. The zero-order valence-electron chi connectivity index (χ0n) is 13.7. The van der Waals surface area contributed by atoms with Crippen molar-refractivity contribution in [1.82, 2.24) is 19.7 Å². The van der Waals surface area contributed by atoms with E-state index in [2.05, 4.69) is 22.0 Å². The second-order valence-electron chi connectivity index (χ2n) is 6.98. The molecule has 1 aromatic heterocycles. The molecule has 22 heavy (non-hydrogen) atoms. The molecule has 0 bridgehead atoms. The summed E-state index contributed by atoms with van der Waals surface area (Å²) >= 11 is 0. The van der Waals surface area contributed by atoms with Gasteiger partial charge >= 0.3 is 6.03 Å². The highest BCUT2D eigenvalue weighted by Gasteiger charge is 2.43. The van der Waals surface area contributed by atoms with Gasteiger partial charge in [0.2, 0.25) is 0 Å². The van der Waals surface area contributed by atoms with Gasteiger partial charge < -0.3 is 9.80 Å². The Morgan fingerprint density at radius 2 is 2.14 bits per heavy atom. The second kappa shape index (κ2) is 6.24. The standard InChI is InChI=1S/C17H26N4O/c1-19(2)16(22)21-11-8-17(14-21)7-5-10-20(13-17)12-15-6-3-4-9-18-15/h3-4,6,9H,5,7-8,10-14H2,1-2H3. The van der Waals surface area contributed by atoms with E-state index in [4.69, 9.17) is 0 Å². The fraction of sp³-hybridized carbons (Fsp3) is 0.647. The molecule has 0 aromatic carbocycles. The molecule has 2 aliphatic heterocycles. The number of carbonyl (C=O) groups excluding carboxylic acids is 1. The van der Waals surface area contributed by atoms with Crippen molar-refractivity contribution in [3.8, 4) is 0 Å². The number of rotatable bonds is 2. The molecule has 0 aliphatic carbocycles. The number of amides is 2. The van der Waals surface area contributed by atoms with Gasteiger partial charge in [-0.1, -0.05) is 6.07 Å². The van der Waals surface area contributed by atoms with Gasteiger partial charge in [-0.15, -0.1) is 0 Å². The van der Waals surface area contributed by atoms with E-state index in [0.29, 0.717) is 5.41 Å². The number of pyridine rings is 1. The maximum Gasteiger partial charge on any atom is 0.319 e. The van der Waals surface area contributed by atoms with Crippen LogP contribution in [0.2, 0.25) is 0 Å². The summed E-state index contributed by atoms with van der Waals surface area (Å²) in [5.74, 6) is 0. The lowest BCUT2D eigenvalue weighted by Crippen LogP contribution is -2.46. The Labute approximate surface area is 132 Å². The average molecular weight is 302 g/mol. The molecule has 3 rings (SSSR count). The van der Waals surface area contributed by atoms with Crippen LogP contribution >= 0.6 is 0 Å². The third-order valence-corrected chi connectivity index (χ3v) is 4.94. The summed E-state index contributed by atoms with van der Waals surface area (Å²) in [5.41, 5.74) is 1.43. The smallest absolute Gasteiger partial charge is 0.319 e. The first-order valence-corrected chi connectivity index (χ1v) is 8.17. The molecule has 2 amide bonds. The molecule has 1 aromatic rings. The van der Waals surface area contributed by atoms with Crippen LogP contribution < -0.4 is 0 Å². The van der Waals surface area contributed by atoms with Crippen molar-refractivity contribution in [2.24, 2.45) is 5.41 Å². The van der Waals surface area contributed by atoms with Crippen LogP contribution in [-0.2, 0) is 6.54 Å². The lowest BCUT2D eigenvalue weighted by atomic mass is 9.79. The normalized spacial score (nSPS) is 25.6.